The molecule has 0 fully saturated rings. The monoisotopic (exact) mass is 799 g/mol. The third-order valence-electron chi connectivity index (χ3n) is 12.5. The van der Waals surface area contributed by atoms with Crippen molar-refractivity contribution in [1.82, 2.24) is 13.7 Å². The summed E-state index contributed by atoms with van der Waals surface area (Å²) in [5.41, 5.74) is 10.7. The summed E-state index contributed by atoms with van der Waals surface area (Å²) in [5, 5.41) is 9.12. The van der Waals surface area contributed by atoms with Gasteiger partial charge in [0.15, 0.2) is 0 Å². The van der Waals surface area contributed by atoms with Gasteiger partial charge in [0.05, 0.1) is 38.8 Å². The zero-order valence-electron chi connectivity index (χ0n) is 34.3. The zero-order chi connectivity index (χ0) is 41.3. The van der Waals surface area contributed by atoms with Crippen molar-refractivity contribution in [2.24, 2.45) is 9.98 Å². The molecule has 0 unspecified atom stereocenters. The number of aromatic nitrogens is 3. The highest BCUT2D eigenvalue weighted by molar-refractivity contribution is 6.27. The standard InChI is InChI=1S/C56H41N5O/c1-3-4-33-52(61-50-31-16-11-24-42(50)45-35-34-44-41-23-10-13-28-47(41)59(53(44)54(45)61)37-19-6-5-7-20-37)58-56(60-48-29-14-8-21-39(48)40-22-9-15-30-49(40)60)57-36(2)38-26-18-27-46-43-25-12-17-32-51(43)62-55(38)46/h5-32,34-35H,2-4,33H2,1H3/b57-56?,58-52+. The van der Waals surface area contributed by atoms with Crippen LogP contribution in [0.4, 0.5) is 0 Å². The topological polar surface area (TPSA) is 52.6 Å². The second kappa shape index (κ2) is 14.4. The van der Waals surface area contributed by atoms with Crippen LogP contribution in [0.5, 0.6) is 0 Å². The van der Waals surface area contributed by atoms with Crippen LogP contribution in [-0.2, 0) is 0 Å². The van der Waals surface area contributed by atoms with Crippen LogP contribution in [0.25, 0.3) is 98.7 Å². The second-order valence-corrected chi connectivity index (χ2v) is 16.0. The van der Waals surface area contributed by atoms with Crippen molar-refractivity contribution in [3.05, 3.63) is 194 Å². The Hall–Kier alpha value is -7.96. The van der Waals surface area contributed by atoms with Crippen molar-refractivity contribution in [2.75, 3.05) is 0 Å². The summed E-state index contributed by atoms with van der Waals surface area (Å²) >= 11 is 0. The van der Waals surface area contributed by atoms with Gasteiger partial charge in [-0.1, -0.05) is 153 Å². The maximum absolute atomic E-state index is 6.54. The highest BCUT2D eigenvalue weighted by Gasteiger charge is 2.24. The number of benzene rings is 8. The number of rotatable bonds is 6. The van der Waals surface area contributed by atoms with Crippen LogP contribution in [-0.4, -0.2) is 25.5 Å². The minimum atomic E-state index is 0.535. The number of furan rings is 1. The van der Waals surface area contributed by atoms with E-state index in [0.29, 0.717) is 18.1 Å². The molecule has 8 aromatic carbocycles. The summed E-state index contributed by atoms with van der Waals surface area (Å²) in [4.78, 5) is 11.4. The molecule has 0 atom stereocenters. The number of hydrogen-bond donors (Lipinski definition) is 0. The van der Waals surface area contributed by atoms with E-state index in [1.54, 1.807) is 0 Å². The molecule has 0 aliphatic carbocycles. The van der Waals surface area contributed by atoms with Crippen LogP contribution in [0.15, 0.2) is 203 Å². The summed E-state index contributed by atoms with van der Waals surface area (Å²) in [6.45, 7) is 6.90. The normalized spacial score (nSPS) is 12.7. The van der Waals surface area contributed by atoms with Gasteiger partial charge in [0.25, 0.3) is 0 Å². The fourth-order valence-electron chi connectivity index (χ4n) is 9.70. The van der Waals surface area contributed by atoms with E-state index in [0.717, 1.165) is 95.7 Å². The molecule has 0 aliphatic rings. The predicted octanol–water partition coefficient (Wildman–Crippen LogP) is 14.9. The molecule has 0 spiro atoms. The Morgan fingerprint density at radius 3 is 1.69 bits per heavy atom. The van der Waals surface area contributed by atoms with E-state index in [-0.39, 0.29) is 0 Å². The van der Waals surface area contributed by atoms with Gasteiger partial charge in [0.1, 0.15) is 17.0 Å². The maximum atomic E-state index is 6.54. The molecule has 296 valence electrons. The quantitative estimate of drug-likeness (QED) is 0.122. The number of unbranched alkanes of at least 4 members (excludes halogenated alkanes) is 1. The predicted molar refractivity (Wildman–Crippen MR) is 261 cm³/mol. The zero-order valence-corrected chi connectivity index (χ0v) is 34.3. The van der Waals surface area contributed by atoms with E-state index in [4.69, 9.17) is 14.4 Å². The van der Waals surface area contributed by atoms with Gasteiger partial charge in [-0.2, -0.15) is 4.99 Å². The van der Waals surface area contributed by atoms with Gasteiger partial charge in [0.2, 0.25) is 5.96 Å². The number of para-hydroxylation sites is 7. The first kappa shape index (κ1) is 35.9. The first-order chi connectivity index (χ1) is 30.7. The van der Waals surface area contributed by atoms with Crippen molar-refractivity contribution in [1.29, 1.82) is 0 Å². The van der Waals surface area contributed by atoms with E-state index in [2.05, 4.69) is 185 Å². The van der Waals surface area contributed by atoms with Crippen molar-refractivity contribution < 1.29 is 4.42 Å². The molecule has 6 nitrogen and oxygen atoms in total. The van der Waals surface area contributed by atoms with Crippen LogP contribution >= 0.6 is 0 Å². The molecule has 0 saturated carbocycles. The third kappa shape index (κ3) is 5.43. The van der Waals surface area contributed by atoms with Crippen LogP contribution in [0.2, 0.25) is 0 Å². The summed E-state index contributed by atoms with van der Waals surface area (Å²) in [7, 11) is 0. The molecule has 0 radical (unpaired) electrons. The molecule has 0 bridgehead atoms. The minimum absolute atomic E-state index is 0.535. The Kier molecular flexibility index (Phi) is 8.32. The lowest BCUT2D eigenvalue weighted by molar-refractivity contribution is 0.667. The van der Waals surface area contributed by atoms with Gasteiger partial charge in [0, 0.05) is 60.8 Å². The molecule has 62 heavy (non-hydrogen) atoms. The Balaban J connectivity index is 1.20. The fraction of sp³-hybridized carbons (Fsp3) is 0.0714. The fourth-order valence-corrected chi connectivity index (χ4v) is 9.70. The number of aliphatic imine (C=N–C) groups is 2. The molecular formula is C56H41N5O. The summed E-state index contributed by atoms with van der Waals surface area (Å²) < 4.78 is 13.6. The van der Waals surface area contributed by atoms with Crippen LogP contribution in [0.3, 0.4) is 0 Å². The molecule has 4 aromatic heterocycles. The first-order valence-corrected chi connectivity index (χ1v) is 21.4. The molecule has 4 heterocycles. The van der Waals surface area contributed by atoms with Crippen LogP contribution in [0.1, 0.15) is 31.7 Å². The molecule has 0 N–H and O–H groups in total. The van der Waals surface area contributed by atoms with E-state index < -0.39 is 0 Å². The van der Waals surface area contributed by atoms with Gasteiger partial charge in [-0.3, -0.25) is 9.13 Å². The van der Waals surface area contributed by atoms with E-state index in [1.165, 1.54) is 21.5 Å². The van der Waals surface area contributed by atoms with Gasteiger partial charge in [-0.15, -0.1) is 0 Å². The molecule has 6 heteroatoms. The van der Waals surface area contributed by atoms with Crippen LogP contribution < -0.4 is 0 Å². The van der Waals surface area contributed by atoms with Crippen molar-refractivity contribution >= 4 is 105 Å². The molecule has 0 aliphatic heterocycles. The van der Waals surface area contributed by atoms with Crippen molar-refractivity contribution in [3.8, 4) is 5.69 Å². The minimum Gasteiger partial charge on any atom is -0.455 e. The average molecular weight is 800 g/mol. The molecule has 0 saturated heterocycles. The molecular weight excluding hydrogens is 759 g/mol. The summed E-state index contributed by atoms with van der Waals surface area (Å²) in [5.74, 6) is 1.44. The third-order valence-corrected chi connectivity index (χ3v) is 12.5. The summed E-state index contributed by atoms with van der Waals surface area (Å²) in [6, 6.07) is 64.3. The first-order valence-electron chi connectivity index (χ1n) is 21.4. The van der Waals surface area contributed by atoms with E-state index in [1.807, 2.05) is 24.3 Å². The van der Waals surface area contributed by atoms with Gasteiger partial charge in [-0.05, 0) is 55.0 Å². The van der Waals surface area contributed by atoms with Crippen molar-refractivity contribution in [2.45, 2.75) is 26.2 Å². The number of fused-ring (bicyclic) bond motifs is 13. The van der Waals surface area contributed by atoms with Gasteiger partial charge >= 0.3 is 0 Å². The highest BCUT2D eigenvalue weighted by Crippen LogP contribution is 2.41. The Morgan fingerprint density at radius 1 is 0.484 bits per heavy atom. The number of nitrogens with zero attached hydrogens (tertiary/aromatic N) is 5. The Bertz CT molecular complexity index is 3760. The largest absolute Gasteiger partial charge is 0.455 e. The Labute approximate surface area is 357 Å². The summed E-state index contributed by atoms with van der Waals surface area (Å²) in [6.07, 6.45) is 2.65. The SMILES string of the molecule is C=C(N=C(/N=C(\CCCC)n1c2ccccc2c2ccc3c4ccccc4n(-c4ccccc4)c3c21)n1c2ccccc2c2ccccc21)c1cccc2c1oc1ccccc12. The van der Waals surface area contributed by atoms with E-state index >= 15 is 0 Å². The lowest BCUT2D eigenvalue weighted by atomic mass is 10.1. The molecule has 12 aromatic rings. The maximum Gasteiger partial charge on any atom is 0.236 e. The van der Waals surface area contributed by atoms with Crippen molar-refractivity contribution in [3.63, 3.8) is 0 Å². The molecule has 0 amide bonds. The second-order valence-electron chi connectivity index (χ2n) is 16.0. The lowest BCUT2D eigenvalue weighted by Crippen LogP contribution is -2.18. The van der Waals surface area contributed by atoms with Crippen LogP contribution in [0, 0.1) is 0 Å². The van der Waals surface area contributed by atoms with Gasteiger partial charge in [-0.25, -0.2) is 4.99 Å². The lowest BCUT2D eigenvalue weighted by Gasteiger charge is -2.16. The average Bonchev–Trinajstić information content (AvgIpc) is 4.07. The molecule has 12 rings (SSSR count). The Morgan fingerprint density at radius 2 is 1.02 bits per heavy atom. The van der Waals surface area contributed by atoms with Gasteiger partial charge < -0.3 is 8.98 Å². The van der Waals surface area contributed by atoms with E-state index in [9.17, 15) is 0 Å². The number of hydrogen-bond acceptors (Lipinski definition) is 2. The highest BCUT2D eigenvalue weighted by atomic mass is 16.3. The smallest absolute Gasteiger partial charge is 0.236 e.